The van der Waals surface area contributed by atoms with E-state index in [1.807, 2.05) is 0 Å². The Bertz CT molecular complexity index is 269. The van der Waals surface area contributed by atoms with Crippen molar-refractivity contribution in [3.05, 3.63) is 0 Å². The van der Waals surface area contributed by atoms with Crippen molar-refractivity contribution in [3.8, 4) is 0 Å². The van der Waals surface area contributed by atoms with Gasteiger partial charge in [0, 0.05) is 12.0 Å². The first kappa shape index (κ1) is 15.6. The predicted molar refractivity (Wildman–Crippen MR) is 65.3 cm³/mol. The average Bonchev–Trinajstić information content (AvgIpc) is 2.23. The van der Waals surface area contributed by atoms with Crippen LogP contribution in [0.4, 0.5) is 0 Å². The number of halogens is 1. The van der Waals surface area contributed by atoms with E-state index >= 15 is 0 Å². The van der Waals surface area contributed by atoms with Gasteiger partial charge in [-0.25, -0.2) is 0 Å². The van der Waals surface area contributed by atoms with Gasteiger partial charge in [-0.05, 0) is 0 Å². The van der Waals surface area contributed by atoms with Crippen LogP contribution < -0.4 is 5.32 Å². The second-order valence-corrected chi connectivity index (χ2v) is 5.60. The Labute approximate surface area is 107 Å². The van der Waals surface area contributed by atoms with Crippen LogP contribution in [0, 0.1) is 5.41 Å². The second kappa shape index (κ2) is 6.36. The van der Waals surface area contributed by atoms with Crippen LogP contribution in [-0.2, 0) is 9.59 Å². The van der Waals surface area contributed by atoms with E-state index < -0.39 is 27.3 Å². The van der Waals surface area contributed by atoms with E-state index in [-0.39, 0.29) is 13.2 Å². The highest BCUT2D eigenvalue weighted by atomic mass is 127. The molecule has 0 aromatic heterocycles. The Morgan fingerprint density at radius 1 is 1.44 bits per heavy atom. The molecule has 4 N–H and O–H groups in total. The fourth-order valence-electron chi connectivity index (χ4n) is 0.816. The van der Waals surface area contributed by atoms with Crippen LogP contribution in [0.3, 0.4) is 0 Å². The average molecular weight is 345 g/mol. The van der Waals surface area contributed by atoms with Gasteiger partial charge < -0.3 is 20.6 Å². The number of hydrogen-bond acceptors (Lipinski definition) is 4. The number of aliphatic hydroxyl groups is 2. The Morgan fingerprint density at radius 3 is 2.31 bits per heavy atom. The molecule has 2 atom stereocenters. The van der Waals surface area contributed by atoms with Crippen molar-refractivity contribution in [2.45, 2.75) is 23.9 Å². The summed E-state index contributed by atoms with van der Waals surface area (Å²) in [6.07, 6.45) is -1.37. The van der Waals surface area contributed by atoms with E-state index in [4.69, 9.17) is 10.2 Å². The molecule has 7 heteroatoms. The normalized spacial score (nSPS) is 15.3. The lowest BCUT2D eigenvalue weighted by atomic mass is 9.87. The standard InChI is InChI=1S/C9H16INO5/c1-9(2,4-12)6(13)7(14)11-3-5(10)8(15)16/h5-6,12-13H,3-4H2,1-2H3,(H,11,14)(H,15,16)/t5?,6-/m0/s1. The van der Waals surface area contributed by atoms with Crippen LogP contribution in [0.25, 0.3) is 0 Å². The number of rotatable bonds is 6. The van der Waals surface area contributed by atoms with Gasteiger partial charge in [0.25, 0.3) is 0 Å². The zero-order valence-electron chi connectivity index (χ0n) is 9.11. The number of aliphatic hydroxyl groups excluding tert-OH is 2. The van der Waals surface area contributed by atoms with Crippen molar-refractivity contribution in [1.29, 1.82) is 0 Å². The molecule has 1 unspecified atom stereocenters. The van der Waals surface area contributed by atoms with E-state index in [1.54, 1.807) is 22.6 Å². The van der Waals surface area contributed by atoms with Crippen LogP contribution in [0.15, 0.2) is 0 Å². The van der Waals surface area contributed by atoms with Crippen LogP contribution in [0.2, 0.25) is 0 Å². The van der Waals surface area contributed by atoms with Gasteiger partial charge in [0.15, 0.2) is 0 Å². The van der Waals surface area contributed by atoms with Gasteiger partial charge in [-0.15, -0.1) is 0 Å². The van der Waals surface area contributed by atoms with E-state index in [9.17, 15) is 14.7 Å². The Morgan fingerprint density at radius 2 is 1.94 bits per heavy atom. The summed E-state index contributed by atoms with van der Waals surface area (Å²) in [6, 6.07) is 0. The Hall–Kier alpha value is -0.410. The molecule has 0 spiro atoms. The number of carbonyl (C=O) groups is 2. The molecular formula is C9H16INO5. The van der Waals surface area contributed by atoms with Crippen molar-refractivity contribution in [2.24, 2.45) is 5.41 Å². The monoisotopic (exact) mass is 345 g/mol. The Kier molecular flexibility index (Phi) is 6.19. The number of nitrogens with one attached hydrogen (secondary N) is 1. The van der Waals surface area contributed by atoms with E-state index in [0.29, 0.717) is 0 Å². The fourth-order valence-corrected chi connectivity index (χ4v) is 1.04. The molecule has 0 saturated carbocycles. The topological polar surface area (TPSA) is 107 Å². The SMILES string of the molecule is CC(C)(CO)[C@@H](O)C(=O)NCC(I)C(=O)O. The molecule has 0 aliphatic rings. The first-order chi connectivity index (χ1) is 7.22. The highest BCUT2D eigenvalue weighted by Crippen LogP contribution is 2.19. The second-order valence-electron chi connectivity index (χ2n) is 4.10. The van der Waals surface area contributed by atoms with Gasteiger partial charge in [0.05, 0.1) is 6.61 Å². The summed E-state index contributed by atoms with van der Waals surface area (Å²) in [5.74, 6) is -1.71. The highest BCUT2D eigenvalue weighted by Gasteiger charge is 2.33. The molecule has 0 heterocycles. The summed E-state index contributed by atoms with van der Waals surface area (Å²) in [5, 5.41) is 29.4. The highest BCUT2D eigenvalue weighted by molar-refractivity contribution is 14.1. The molecule has 0 saturated heterocycles. The minimum absolute atomic E-state index is 0.0622. The zero-order valence-corrected chi connectivity index (χ0v) is 11.3. The molecule has 0 aromatic rings. The third-order valence-electron chi connectivity index (χ3n) is 2.12. The fraction of sp³-hybridized carbons (Fsp3) is 0.778. The summed E-state index contributed by atoms with van der Waals surface area (Å²) < 4.78 is -0.744. The summed E-state index contributed by atoms with van der Waals surface area (Å²) >= 11 is 1.67. The maximum absolute atomic E-state index is 11.4. The molecule has 0 aliphatic carbocycles. The summed E-state index contributed by atoms with van der Waals surface area (Å²) in [7, 11) is 0. The van der Waals surface area contributed by atoms with Gasteiger partial charge in [-0.2, -0.15) is 0 Å². The number of carboxylic acids is 1. The molecule has 0 rings (SSSR count). The maximum atomic E-state index is 11.4. The van der Waals surface area contributed by atoms with Crippen molar-refractivity contribution >= 4 is 34.5 Å². The van der Waals surface area contributed by atoms with Gasteiger partial charge in [0.1, 0.15) is 10.0 Å². The number of carboxylic acid groups (broad SMARTS) is 1. The minimum Gasteiger partial charge on any atom is -0.480 e. The van der Waals surface area contributed by atoms with Crippen molar-refractivity contribution < 1.29 is 24.9 Å². The lowest BCUT2D eigenvalue weighted by Gasteiger charge is -2.27. The van der Waals surface area contributed by atoms with Crippen LogP contribution in [0.5, 0.6) is 0 Å². The largest absolute Gasteiger partial charge is 0.480 e. The summed E-state index contributed by atoms with van der Waals surface area (Å²) in [6.45, 7) is 2.67. The van der Waals surface area contributed by atoms with Gasteiger partial charge in [-0.3, -0.25) is 9.59 Å². The third kappa shape index (κ3) is 4.62. The van der Waals surface area contributed by atoms with Crippen LogP contribution >= 0.6 is 22.6 Å². The third-order valence-corrected chi connectivity index (χ3v) is 3.09. The molecule has 16 heavy (non-hydrogen) atoms. The first-order valence-electron chi connectivity index (χ1n) is 4.66. The lowest BCUT2D eigenvalue weighted by Crippen LogP contribution is -2.47. The summed E-state index contributed by atoms with van der Waals surface area (Å²) in [4.78, 5) is 21.9. The predicted octanol–water partition coefficient (Wildman–Crippen LogP) is -0.630. The smallest absolute Gasteiger partial charge is 0.318 e. The molecule has 0 radical (unpaired) electrons. The number of alkyl halides is 1. The molecule has 0 aliphatic heterocycles. The number of hydrogen-bond donors (Lipinski definition) is 4. The van der Waals surface area contributed by atoms with E-state index in [0.717, 1.165) is 0 Å². The quantitative estimate of drug-likeness (QED) is 0.379. The maximum Gasteiger partial charge on any atom is 0.318 e. The van der Waals surface area contributed by atoms with Crippen molar-refractivity contribution in [2.75, 3.05) is 13.2 Å². The van der Waals surface area contributed by atoms with E-state index in [2.05, 4.69) is 5.32 Å². The van der Waals surface area contributed by atoms with Crippen LogP contribution in [-0.4, -0.2) is 50.4 Å². The number of carbonyl (C=O) groups excluding carboxylic acids is 1. The Balaban J connectivity index is 4.22. The summed E-state index contributed by atoms with van der Waals surface area (Å²) in [5.41, 5.74) is -0.950. The van der Waals surface area contributed by atoms with Crippen molar-refractivity contribution in [3.63, 3.8) is 0 Å². The van der Waals surface area contributed by atoms with Crippen molar-refractivity contribution in [1.82, 2.24) is 5.32 Å². The molecular weight excluding hydrogens is 329 g/mol. The molecule has 6 nitrogen and oxygen atoms in total. The molecule has 0 fully saturated rings. The molecule has 94 valence electrons. The van der Waals surface area contributed by atoms with Gasteiger partial charge >= 0.3 is 5.97 Å². The molecule has 0 aromatic carbocycles. The molecule has 1 amide bonds. The number of amides is 1. The zero-order chi connectivity index (χ0) is 12.9. The van der Waals surface area contributed by atoms with Gasteiger partial charge in [0.2, 0.25) is 5.91 Å². The lowest BCUT2D eigenvalue weighted by molar-refractivity contribution is -0.138. The first-order valence-corrected chi connectivity index (χ1v) is 5.90. The minimum atomic E-state index is -1.37. The van der Waals surface area contributed by atoms with Crippen LogP contribution in [0.1, 0.15) is 13.8 Å². The molecule has 0 bridgehead atoms. The van der Waals surface area contributed by atoms with E-state index in [1.165, 1.54) is 13.8 Å². The number of aliphatic carboxylic acids is 1. The van der Waals surface area contributed by atoms with Gasteiger partial charge in [-0.1, -0.05) is 36.4 Å².